The molecule has 4 bridgehead atoms. The Hall–Kier alpha value is -0.240. The van der Waals surface area contributed by atoms with Crippen LogP contribution in [0.5, 0.6) is 0 Å². The van der Waals surface area contributed by atoms with E-state index in [1.54, 1.807) is 0 Å². The van der Waals surface area contributed by atoms with Gasteiger partial charge in [-0.2, -0.15) is 0 Å². The maximum absolute atomic E-state index is 13.1. The lowest BCUT2D eigenvalue weighted by atomic mass is 9.51. The number of amides is 1. The van der Waals surface area contributed by atoms with Gasteiger partial charge in [0.15, 0.2) is 0 Å². The summed E-state index contributed by atoms with van der Waals surface area (Å²) in [6.45, 7) is 3.99. The smallest absolute Gasteiger partial charge is 0.226 e. The van der Waals surface area contributed by atoms with Crippen molar-refractivity contribution in [3.8, 4) is 0 Å². The van der Waals surface area contributed by atoms with E-state index in [-0.39, 0.29) is 5.38 Å². The van der Waals surface area contributed by atoms with Crippen LogP contribution in [0.2, 0.25) is 0 Å². The predicted octanol–water partition coefficient (Wildman–Crippen LogP) is 3.92. The van der Waals surface area contributed by atoms with Crippen LogP contribution >= 0.6 is 11.6 Å². The second-order valence-electron chi connectivity index (χ2n) is 8.30. The summed E-state index contributed by atoms with van der Waals surface area (Å²) in [6.07, 6.45) is 9.05. The molecule has 4 aliphatic carbocycles. The molecule has 5 aliphatic rings. The average molecular weight is 310 g/mol. The summed E-state index contributed by atoms with van der Waals surface area (Å²) in [4.78, 5) is 15.2. The number of rotatable bonds is 2. The van der Waals surface area contributed by atoms with Crippen molar-refractivity contribution in [3.05, 3.63) is 0 Å². The lowest BCUT2D eigenvalue weighted by Crippen LogP contribution is -2.53. The van der Waals surface area contributed by atoms with Crippen molar-refractivity contribution in [2.75, 3.05) is 13.1 Å². The molecule has 0 aromatic heterocycles. The van der Waals surface area contributed by atoms with Gasteiger partial charge in [-0.3, -0.25) is 4.79 Å². The van der Waals surface area contributed by atoms with Crippen molar-refractivity contribution in [2.45, 2.75) is 57.2 Å². The second kappa shape index (κ2) is 5.44. The monoisotopic (exact) mass is 309 g/mol. The van der Waals surface area contributed by atoms with Gasteiger partial charge in [-0.25, -0.2) is 0 Å². The third-order valence-corrected chi connectivity index (χ3v) is 7.37. The van der Waals surface area contributed by atoms with E-state index in [9.17, 15) is 4.79 Å². The molecule has 1 unspecified atom stereocenters. The van der Waals surface area contributed by atoms with E-state index in [0.29, 0.717) is 17.7 Å². The molecule has 0 radical (unpaired) electrons. The average Bonchev–Trinajstić information content (AvgIpc) is 2.46. The third-order valence-electron chi connectivity index (χ3n) is 7.01. The summed E-state index contributed by atoms with van der Waals surface area (Å²) >= 11 is 6.23. The number of hydrogen-bond acceptors (Lipinski definition) is 1. The van der Waals surface area contributed by atoms with Crippen molar-refractivity contribution >= 4 is 17.5 Å². The second-order valence-corrected chi connectivity index (χ2v) is 8.99. The fourth-order valence-corrected chi connectivity index (χ4v) is 6.37. The van der Waals surface area contributed by atoms with E-state index < -0.39 is 0 Å². The molecule has 0 N–H and O–H groups in total. The number of alkyl halides is 1. The fraction of sp³-hybridized carbons (Fsp3) is 0.944. The van der Waals surface area contributed by atoms with Crippen LogP contribution in [0.4, 0.5) is 0 Å². The largest absolute Gasteiger partial charge is 0.342 e. The van der Waals surface area contributed by atoms with Gasteiger partial charge in [0.1, 0.15) is 0 Å². The number of carbonyl (C=O) groups excluding carboxylic acids is 1. The number of halogens is 1. The molecule has 1 saturated heterocycles. The molecule has 21 heavy (non-hydrogen) atoms. The standard InChI is InChI=1S/C18H28ClNO/c1-11(19)14-2-4-20(5-3-14)18(21)17-15-7-12-6-13(9-15)10-16(17)8-12/h11-17H,2-10H2,1H3. The van der Waals surface area contributed by atoms with Crippen molar-refractivity contribution in [1.82, 2.24) is 4.90 Å². The van der Waals surface area contributed by atoms with Crippen LogP contribution in [0, 0.1) is 35.5 Å². The number of likely N-dealkylation sites (tertiary alicyclic amines) is 1. The molecule has 1 atom stereocenters. The first kappa shape index (κ1) is 14.4. The number of nitrogens with zero attached hydrogens (tertiary/aromatic N) is 1. The topological polar surface area (TPSA) is 20.3 Å². The van der Waals surface area contributed by atoms with Gasteiger partial charge >= 0.3 is 0 Å². The van der Waals surface area contributed by atoms with Crippen LogP contribution in [0.25, 0.3) is 0 Å². The normalized spacial score (nSPS) is 44.1. The van der Waals surface area contributed by atoms with E-state index in [2.05, 4.69) is 11.8 Å². The number of carbonyl (C=O) groups is 1. The van der Waals surface area contributed by atoms with Crippen LogP contribution in [0.1, 0.15) is 51.9 Å². The molecule has 5 fully saturated rings. The minimum atomic E-state index is 0.253. The van der Waals surface area contributed by atoms with Gasteiger partial charge in [-0.1, -0.05) is 0 Å². The molecule has 118 valence electrons. The Morgan fingerprint density at radius 3 is 2.00 bits per heavy atom. The van der Waals surface area contributed by atoms with Gasteiger partial charge in [0.05, 0.1) is 0 Å². The number of hydrogen-bond donors (Lipinski definition) is 0. The maximum atomic E-state index is 13.1. The molecule has 0 aromatic carbocycles. The summed E-state index contributed by atoms with van der Waals surface area (Å²) in [5.41, 5.74) is 0. The fourth-order valence-electron chi connectivity index (χ4n) is 6.12. The molecule has 3 heteroatoms. The van der Waals surface area contributed by atoms with Crippen LogP contribution in [-0.2, 0) is 4.79 Å². The summed E-state index contributed by atoms with van der Waals surface area (Å²) in [5.74, 6) is 4.84. The highest BCUT2D eigenvalue weighted by atomic mass is 35.5. The van der Waals surface area contributed by atoms with E-state index in [1.807, 2.05) is 0 Å². The molecule has 1 heterocycles. The number of piperidine rings is 1. The first-order valence-corrected chi connectivity index (χ1v) is 9.48. The van der Waals surface area contributed by atoms with Gasteiger partial charge in [0.25, 0.3) is 0 Å². The van der Waals surface area contributed by atoms with E-state index in [1.165, 1.54) is 32.1 Å². The zero-order valence-electron chi connectivity index (χ0n) is 13.1. The summed E-state index contributed by atoms with van der Waals surface area (Å²) in [5, 5.41) is 0.253. The molecule has 5 rings (SSSR count). The first-order valence-electron chi connectivity index (χ1n) is 9.04. The van der Waals surface area contributed by atoms with Crippen molar-refractivity contribution in [3.63, 3.8) is 0 Å². The first-order chi connectivity index (χ1) is 10.1. The summed E-state index contributed by atoms with van der Waals surface area (Å²) in [7, 11) is 0. The van der Waals surface area contributed by atoms with Crippen molar-refractivity contribution in [2.24, 2.45) is 35.5 Å². The Labute approximate surface area is 133 Å². The Morgan fingerprint density at radius 1 is 1.00 bits per heavy atom. The maximum Gasteiger partial charge on any atom is 0.226 e. The van der Waals surface area contributed by atoms with Crippen LogP contribution in [-0.4, -0.2) is 29.3 Å². The Balaban J connectivity index is 1.42. The van der Waals surface area contributed by atoms with E-state index in [0.717, 1.165) is 49.6 Å². The Morgan fingerprint density at radius 2 is 1.52 bits per heavy atom. The molecule has 2 nitrogen and oxygen atoms in total. The Bertz CT molecular complexity index is 385. The highest BCUT2D eigenvalue weighted by molar-refractivity contribution is 6.20. The highest BCUT2D eigenvalue weighted by Crippen LogP contribution is 2.57. The molecular weight excluding hydrogens is 282 g/mol. The molecule has 4 saturated carbocycles. The predicted molar refractivity (Wildman–Crippen MR) is 85.2 cm³/mol. The van der Waals surface area contributed by atoms with Gasteiger partial charge in [0.2, 0.25) is 5.91 Å². The van der Waals surface area contributed by atoms with Gasteiger partial charge in [0, 0.05) is 24.4 Å². The molecular formula is C18H28ClNO. The molecule has 0 spiro atoms. The summed E-state index contributed by atoms with van der Waals surface area (Å²) < 4.78 is 0. The molecule has 1 aliphatic heterocycles. The van der Waals surface area contributed by atoms with Crippen LogP contribution in [0.3, 0.4) is 0 Å². The van der Waals surface area contributed by atoms with Crippen molar-refractivity contribution < 1.29 is 4.79 Å². The lowest BCUT2D eigenvalue weighted by Gasteiger charge is -2.54. The van der Waals surface area contributed by atoms with E-state index >= 15 is 0 Å². The third kappa shape index (κ3) is 2.52. The zero-order chi connectivity index (χ0) is 14.6. The molecule has 0 aromatic rings. The van der Waals surface area contributed by atoms with Crippen molar-refractivity contribution in [1.29, 1.82) is 0 Å². The van der Waals surface area contributed by atoms with Crippen LogP contribution in [0.15, 0.2) is 0 Å². The summed E-state index contributed by atoms with van der Waals surface area (Å²) in [6, 6.07) is 0. The van der Waals surface area contributed by atoms with E-state index in [4.69, 9.17) is 11.6 Å². The minimum absolute atomic E-state index is 0.253. The van der Waals surface area contributed by atoms with Gasteiger partial charge in [-0.15, -0.1) is 11.6 Å². The highest BCUT2D eigenvalue weighted by Gasteiger charge is 2.51. The van der Waals surface area contributed by atoms with Gasteiger partial charge in [-0.05, 0) is 81.5 Å². The molecule has 1 amide bonds. The zero-order valence-corrected chi connectivity index (χ0v) is 13.9. The van der Waals surface area contributed by atoms with Crippen LogP contribution < -0.4 is 0 Å². The SMILES string of the molecule is CC(Cl)C1CCN(C(=O)C2C3CC4CC(C3)CC2C4)CC1. The quantitative estimate of drug-likeness (QED) is 0.708. The van der Waals surface area contributed by atoms with Gasteiger partial charge < -0.3 is 4.90 Å². The lowest BCUT2D eigenvalue weighted by molar-refractivity contribution is -0.150. The minimum Gasteiger partial charge on any atom is -0.342 e. The Kier molecular flexibility index (Phi) is 3.72.